The predicted molar refractivity (Wildman–Crippen MR) is 96.7 cm³/mol. The highest BCUT2D eigenvalue weighted by atomic mass is 16.1. The third-order valence-electron chi connectivity index (χ3n) is 4.12. The molecule has 0 heterocycles. The first kappa shape index (κ1) is 17.2. The van der Waals surface area contributed by atoms with Gasteiger partial charge >= 0.3 is 0 Å². The second kappa shape index (κ2) is 8.49. The summed E-state index contributed by atoms with van der Waals surface area (Å²) in [5.41, 5.74) is 4.45. The average molecular weight is 310 g/mol. The van der Waals surface area contributed by atoms with Gasteiger partial charge < -0.3 is 10.6 Å². The lowest BCUT2D eigenvalue weighted by atomic mass is 10.0. The lowest BCUT2D eigenvalue weighted by molar-refractivity contribution is -0.115. The molecule has 0 aromatic heterocycles. The number of amides is 1. The molecule has 0 spiro atoms. The van der Waals surface area contributed by atoms with E-state index in [4.69, 9.17) is 0 Å². The van der Waals surface area contributed by atoms with Crippen LogP contribution in [0.15, 0.2) is 48.5 Å². The fourth-order valence-electron chi connectivity index (χ4n) is 2.78. The number of carbonyl (C=O) groups excluding carboxylic acids is 1. The summed E-state index contributed by atoms with van der Waals surface area (Å²) in [6.07, 6.45) is 1.86. The van der Waals surface area contributed by atoms with E-state index in [9.17, 15) is 4.79 Å². The molecule has 0 saturated carbocycles. The van der Waals surface area contributed by atoms with Crippen LogP contribution < -0.4 is 10.6 Å². The topological polar surface area (TPSA) is 41.1 Å². The summed E-state index contributed by atoms with van der Waals surface area (Å²) in [7, 11) is 0. The lowest BCUT2D eigenvalue weighted by Gasteiger charge is -2.18. The van der Waals surface area contributed by atoms with Crippen molar-refractivity contribution in [1.29, 1.82) is 0 Å². The van der Waals surface area contributed by atoms with Gasteiger partial charge in [-0.3, -0.25) is 4.79 Å². The summed E-state index contributed by atoms with van der Waals surface area (Å²) in [4.78, 5) is 12.3. The first-order valence-corrected chi connectivity index (χ1v) is 8.32. The third-order valence-corrected chi connectivity index (χ3v) is 4.12. The van der Waals surface area contributed by atoms with E-state index in [1.807, 2.05) is 37.3 Å². The van der Waals surface area contributed by atoms with Crippen molar-refractivity contribution in [3.05, 3.63) is 65.2 Å². The maximum Gasteiger partial charge on any atom is 0.238 e. The minimum absolute atomic E-state index is 0.00313. The van der Waals surface area contributed by atoms with Gasteiger partial charge in [0.25, 0.3) is 0 Å². The van der Waals surface area contributed by atoms with Gasteiger partial charge in [0.15, 0.2) is 0 Å². The molecule has 3 heteroatoms. The Bertz CT molecular complexity index is 637. The van der Waals surface area contributed by atoms with Crippen LogP contribution in [0.3, 0.4) is 0 Å². The van der Waals surface area contributed by atoms with Gasteiger partial charge in [-0.2, -0.15) is 0 Å². The highest BCUT2D eigenvalue weighted by Crippen LogP contribution is 2.21. The number of benzene rings is 2. The Balaban J connectivity index is 1.98. The summed E-state index contributed by atoms with van der Waals surface area (Å²) >= 11 is 0. The molecule has 122 valence electrons. The van der Waals surface area contributed by atoms with Gasteiger partial charge in [-0.1, -0.05) is 62.4 Å². The number of hydrogen-bond acceptors (Lipinski definition) is 2. The van der Waals surface area contributed by atoms with Crippen LogP contribution in [0.5, 0.6) is 0 Å². The minimum atomic E-state index is 0.00313. The summed E-state index contributed by atoms with van der Waals surface area (Å²) in [5, 5.41) is 6.41. The molecule has 2 rings (SSSR count). The molecule has 0 fully saturated rings. The van der Waals surface area contributed by atoms with Crippen molar-refractivity contribution < 1.29 is 4.79 Å². The van der Waals surface area contributed by atoms with Gasteiger partial charge in [0, 0.05) is 11.7 Å². The highest BCUT2D eigenvalue weighted by Gasteiger charge is 2.12. The van der Waals surface area contributed by atoms with Crippen molar-refractivity contribution in [1.82, 2.24) is 5.32 Å². The van der Waals surface area contributed by atoms with Crippen LogP contribution in [-0.4, -0.2) is 12.5 Å². The molecule has 23 heavy (non-hydrogen) atoms. The molecule has 3 nitrogen and oxygen atoms in total. The zero-order valence-corrected chi connectivity index (χ0v) is 14.2. The Morgan fingerprint density at radius 1 is 1.04 bits per heavy atom. The van der Waals surface area contributed by atoms with Crippen LogP contribution in [-0.2, 0) is 11.2 Å². The normalized spacial score (nSPS) is 12.0. The average Bonchev–Trinajstić information content (AvgIpc) is 2.58. The monoisotopic (exact) mass is 310 g/mol. The number of rotatable bonds is 7. The van der Waals surface area contributed by atoms with Crippen LogP contribution >= 0.6 is 0 Å². The Morgan fingerprint density at radius 3 is 2.43 bits per heavy atom. The first-order valence-electron chi connectivity index (χ1n) is 8.32. The van der Waals surface area contributed by atoms with Gasteiger partial charge in [0.1, 0.15) is 0 Å². The van der Waals surface area contributed by atoms with Crippen molar-refractivity contribution >= 4 is 11.6 Å². The van der Waals surface area contributed by atoms with Gasteiger partial charge in [0.2, 0.25) is 5.91 Å². The largest absolute Gasteiger partial charge is 0.324 e. The molecular weight excluding hydrogens is 284 g/mol. The SMILES string of the molecule is CCc1cccc(C)c1NC(=O)CNC(CC)c1ccccc1. The van der Waals surface area contributed by atoms with E-state index in [1.54, 1.807) is 0 Å². The summed E-state index contributed by atoms with van der Waals surface area (Å²) in [6.45, 7) is 6.57. The summed E-state index contributed by atoms with van der Waals surface area (Å²) in [6, 6.07) is 16.6. The molecule has 1 atom stereocenters. The van der Waals surface area contributed by atoms with E-state index in [2.05, 4.69) is 42.7 Å². The second-order valence-corrected chi connectivity index (χ2v) is 5.76. The van der Waals surface area contributed by atoms with Gasteiger partial charge in [0.05, 0.1) is 6.54 Å². The Labute approximate surface area is 139 Å². The molecule has 0 radical (unpaired) electrons. The van der Waals surface area contributed by atoms with Crippen molar-refractivity contribution in [2.45, 2.75) is 39.7 Å². The molecular formula is C20H26N2O. The number of carbonyl (C=O) groups is 1. The molecule has 1 amide bonds. The zero-order chi connectivity index (χ0) is 16.7. The molecule has 2 N–H and O–H groups in total. The maximum absolute atomic E-state index is 12.3. The number of aryl methyl sites for hydroxylation is 2. The number of para-hydroxylation sites is 1. The quantitative estimate of drug-likeness (QED) is 0.803. The van der Waals surface area contributed by atoms with Gasteiger partial charge in [-0.05, 0) is 36.5 Å². The molecule has 0 saturated heterocycles. The van der Waals surface area contributed by atoms with Crippen LogP contribution in [0.4, 0.5) is 5.69 Å². The maximum atomic E-state index is 12.3. The van der Waals surface area contributed by atoms with E-state index < -0.39 is 0 Å². The number of hydrogen-bond donors (Lipinski definition) is 2. The summed E-state index contributed by atoms with van der Waals surface area (Å²) < 4.78 is 0. The van der Waals surface area contributed by atoms with Crippen LogP contribution in [0, 0.1) is 6.92 Å². The summed E-state index contributed by atoms with van der Waals surface area (Å²) in [5.74, 6) is 0.00313. The minimum Gasteiger partial charge on any atom is -0.324 e. The second-order valence-electron chi connectivity index (χ2n) is 5.76. The van der Waals surface area contributed by atoms with Crippen LogP contribution in [0.25, 0.3) is 0 Å². The third kappa shape index (κ3) is 4.67. The van der Waals surface area contributed by atoms with E-state index in [-0.39, 0.29) is 11.9 Å². The molecule has 2 aromatic rings. The smallest absolute Gasteiger partial charge is 0.238 e. The lowest BCUT2D eigenvalue weighted by Crippen LogP contribution is -2.31. The van der Waals surface area contributed by atoms with Crippen molar-refractivity contribution in [3.8, 4) is 0 Å². The van der Waals surface area contributed by atoms with Crippen LogP contribution in [0.1, 0.15) is 43.0 Å². The predicted octanol–water partition coefficient (Wildman–Crippen LogP) is 4.24. The van der Waals surface area contributed by atoms with Gasteiger partial charge in [-0.15, -0.1) is 0 Å². The molecule has 0 aliphatic carbocycles. The number of anilines is 1. The Hall–Kier alpha value is -2.13. The molecule has 0 aliphatic rings. The molecule has 0 aliphatic heterocycles. The Morgan fingerprint density at radius 2 is 1.78 bits per heavy atom. The molecule has 1 unspecified atom stereocenters. The Kier molecular flexibility index (Phi) is 6.36. The zero-order valence-electron chi connectivity index (χ0n) is 14.2. The van der Waals surface area contributed by atoms with Crippen LogP contribution in [0.2, 0.25) is 0 Å². The standard InChI is InChI=1S/C20H26N2O/c1-4-16-13-9-10-15(3)20(16)22-19(23)14-21-18(5-2)17-11-7-6-8-12-17/h6-13,18,21H,4-5,14H2,1-3H3,(H,22,23). The molecule has 0 bridgehead atoms. The van der Waals surface area contributed by atoms with Gasteiger partial charge in [-0.25, -0.2) is 0 Å². The van der Waals surface area contributed by atoms with Crippen molar-refractivity contribution in [3.63, 3.8) is 0 Å². The highest BCUT2D eigenvalue weighted by molar-refractivity contribution is 5.93. The molecule has 2 aromatic carbocycles. The van der Waals surface area contributed by atoms with Crippen molar-refractivity contribution in [2.24, 2.45) is 0 Å². The fraction of sp³-hybridized carbons (Fsp3) is 0.350. The van der Waals surface area contributed by atoms with E-state index in [0.29, 0.717) is 6.54 Å². The fourth-order valence-corrected chi connectivity index (χ4v) is 2.78. The van der Waals surface area contributed by atoms with E-state index in [1.165, 1.54) is 11.1 Å². The number of nitrogens with one attached hydrogen (secondary N) is 2. The first-order chi connectivity index (χ1) is 11.2. The van der Waals surface area contributed by atoms with E-state index >= 15 is 0 Å². The van der Waals surface area contributed by atoms with E-state index in [0.717, 1.165) is 24.1 Å². The van der Waals surface area contributed by atoms with Crippen molar-refractivity contribution in [2.75, 3.05) is 11.9 Å².